The first-order chi connectivity index (χ1) is 8.56. The van der Waals surface area contributed by atoms with Gasteiger partial charge in [0.15, 0.2) is 0 Å². The summed E-state index contributed by atoms with van der Waals surface area (Å²) in [5.41, 5.74) is 5.68. The molecular formula is C11H17N5S2. The van der Waals surface area contributed by atoms with Crippen molar-refractivity contribution in [2.45, 2.75) is 32.6 Å². The van der Waals surface area contributed by atoms with Gasteiger partial charge < -0.3 is 11.1 Å². The van der Waals surface area contributed by atoms with Crippen LogP contribution in [-0.4, -0.2) is 21.7 Å². The number of hydrogen-bond donors (Lipinski definition) is 2. The molecule has 0 aliphatic carbocycles. The van der Waals surface area contributed by atoms with E-state index in [1.165, 1.54) is 11.3 Å². The number of aromatic nitrogens is 3. The molecule has 0 saturated heterocycles. The Morgan fingerprint density at radius 2 is 2.00 bits per heavy atom. The Labute approximate surface area is 114 Å². The van der Waals surface area contributed by atoms with Crippen molar-refractivity contribution >= 4 is 32.8 Å². The van der Waals surface area contributed by atoms with Crippen LogP contribution in [0.4, 0.5) is 10.1 Å². The van der Waals surface area contributed by atoms with Gasteiger partial charge in [-0.25, -0.2) is 4.98 Å². The van der Waals surface area contributed by atoms with Gasteiger partial charge in [-0.15, -0.1) is 21.5 Å². The van der Waals surface area contributed by atoms with E-state index in [1.54, 1.807) is 17.5 Å². The smallest absolute Gasteiger partial charge is 0.205 e. The minimum Gasteiger partial charge on any atom is -0.389 e. The molecular weight excluding hydrogens is 266 g/mol. The Morgan fingerprint density at radius 1 is 1.22 bits per heavy atom. The van der Waals surface area contributed by atoms with Crippen LogP contribution in [0.25, 0.3) is 0 Å². The number of anilines is 2. The topological polar surface area (TPSA) is 76.7 Å². The molecule has 2 aromatic rings. The third kappa shape index (κ3) is 3.17. The van der Waals surface area contributed by atoms with E-state index in [9.17, 15) is 0 Å². The highest BCUT2D eigenvalue weighted by molar-refractivity contribution is 7.15. The van der Waals surface area contributed by atoms with E-state index in [0.29, 0.717) is 11.8 Å². The lowest BCUT2D eigenvalue weighted by molar-refractivity contribution is 0.789. The van der Waals surface area contributed by atoms with Gasteiger partial charge in [-0.05, 0) is 0 Å². The van der Waals surface area contributed by atoms with Crippen LogP contribution in [0.5, 0.6) is 0 Å². The molecule has 5 nitrogen and oxygen atoms in total. The Hall–Kier alpha value is -1.21. The molecule has 0 aromatic carbocycles. The molecule has 2 heterocycles. The van der Waals surface area contributed by atoms with Crippen LogP contribution in [0.15, 0.2) is 6.20 Å². The molecule has 7 heteroatoms. The van der Waals surface area contributed by atoms with Gasteiger partial charge in [0.25, 0.3) is 0 Å². The van der Waals surface area contributed by atoms with E-state index in [0.717, 1.165) is 26.7 Å². The second kappa shape index (κ2) is 5.62. The SMILES string of the molecule is CC(C)c1nnc(NCC(C)c2ncc(N)s2)s1. The van der Waals surface area contributed by atoms with Crippen LogP contribution >= 0.6 is 22.7 Å². The molecule has 0 saturated carbocycles. The summed E-state index contributed by atoms with van der Waals surface area (Å²) in [4.78, 5) is 4.28. The predicted octanol–water partition coefficient (Wildman–Crippen LogP) is 2.92. The summed E-state index contributed by atoms with van der Waals surface area (Å²) in [6.07, 6.45) is 1.71. The van der Waals surface area contributed by atoms with Crippen molar-refractivity contribution in [3.63, 3.8) is 0 Å². The van der Waals surface area contributed by atoms with Crippen LogP contribution in [0.2, 0.25) is 0 Å². The minimum absolute atomic E-state index is 0.318. The fourth-order valence-electron chi connectivity index (χ4n) is 1.40. The largest absolute Gasteiger partial charge is 0.389 e. The quantitative estimate of drug-likeness (QED) is 0.882. The van der Waals surface area contributed by atoms with Crippen molar-refractivity contribution in [3.05, 3.63) is 16.2 Å². The zero-order chi connectivity index (χ0) is 13.1. The summed E-state index contributed by atoms with van der Waals surface area (Å²) in [7, 11) is 0. The molecule has 3 N–H and O–H groups in total. The summed E-state index contributed by atoms with van der Waals surface area (Å²) in [5.74, 6) is 0.743. The summed E-state index contributed by atoms with van der Waals surface area (Å²) >= 11 is 3.14. The molecule has 0 radical (unpaired) electrons. The van der Waals surface area contributed by atoms with Gasteiger partial charge in [-0.2, -0.15) is 0 Å². The molecule has 2 aromatic heterocycles. The fourth-order valence-corrected chi connectivity index (χ4v) is 2.88. The Bertz CT molecular complexity index is 505. The average molecular weight is 283 g/mol. The molecule has 0 amide bonds. The molecule has 0 spiro atoms. The van der Waals surface area contributed by atoms with E-state index in [-0.39, 0.29) is 0 Å². The van der Waals surface area contributed by atoms with Crippen molar-refractivity contribution in [2.75, 3.05) is 17.6 Å². The fraction of sp³-hybridized carbons (Fsp3) is 0.545. The average Bonchev–Trinajstić information content (AvgIpc) is 2.94. The monoisotopic (exact) mass is 283 g/mol. The van der Waals surface area contributed by atoms with Crippen molar-refractivity contribution in [1.29, 1.82) is 0 Å². The summed E-state index contributed by atoms with van der Waals surface area (Å²) in [6, 6.07) is 0. The maximum absolute atomic E-state index is 5.68. The highest BCUT2D eigenvalue weighted by Gasteiger charge is 2.12. The highest BCUT2D eigenvalue weighted by Crippen LogP contribution is 2.25. The van der Waals surface area contributed by atoms with Crippen LogP contribution < -0.4 is 11.1 Å². The summed E-state index contributed by atoms with van der Waals surface area (Å²) in [5, 5.41) is 15.3. The van der Waals surface area contributed by atoms with E-state index in [2.05, 4.69) is 41.3 Å². The van der Waals surface area contributed by atoms with Gasteiger partial charge in [0.2, 0.25) is 5.13 Å². The lowest BCUT2D eigenvalue weighted by Gasteiger charge is -2.07. The number of nitrogens with zero attached hydrogens (tertiary/aromatic N) is 3. The van der Waals surface area contributed by atoms with E-state index >= 15 is 0 Å². The van der Waals surface area contributed by atoms with E-state index in [4.69, 9.17) is 5.73 Å². The molecule has 0 bridgehead atoms. The van der Waals surface area contributed by atoms with Gasteiger partial charge in [-0.1, -0.05) is 32.1 Å². The summed E-state index contributed by atoms with van der Waals surface area (Å²) < 4.78 is 0. The van der Waals surface area contributed by atoms with Crippen molar-refractivity contribution in [2.24, 2.45) is 0 Å². The first-order valence-electron chi connectivity index (χ1n) is 5.84. The zero-order valence-corrected chi connectivity index (χ0v) is 12.3. The van der Waals surface area contributed by atoms with Gasteiger partial charge in [0, 0.05) is 18.4 Å². The number of nitrogen functional groups attached to an aromatic ring is 1. The molecule has 0 aliphatic heterocycles. The maximum atomic E-state index is 5.68. The first kappa shape index (κ1) is 13.2. The predicted molar refractivity (Wildman–Crippen MR) is 77.4 cm³/mol. The minimum atomic E-state index is 0.318. The van der Waals surface area contributed by atoms with Gasteiger partial charge in [-0.3, -0.25) is 0 Å². The molecule has 2 rings (SSSR count). The van der Waals surface area contributed by atoms with E-state index < -0.39 is 0 Å². The van der Waals surface area contributed by atoms with Gasteiger partial charge in [0.1, 0.15) is 10.0 Å². The van der Waals surface area contributed by atoms with Crippen molar-refractivity contribution in [3.8, 4) is 0 Å². The number of nitrogens with one attached hydrogen (secondary N) is 1. The standard InChI is InChI=1S/C11H17N5S2/c1-6(2)9-15-16-11(18-9)14-4-7(3)10-13-5-8(12)17-10/h5-7H,4,12H2,1-3H3,(H,14,16). The van der Waals surface area contributed by atoms with Crippen LogP contribution in [0.1, 0.15) is 42.6 Å². The number of rotatable bonds is 5. The second-order valence-corrected chi connectivity index (χ2v) is 6.59. The highest BCUT2D eigenvalue weighted by atomic mass is 32.1. The number of thiazole rings is 1. The number of hydrogen-bond acceptors (Lipinski definition) is 7. The molecule has 0 fully saturated rings. The van der Waals surface area contributed by atoms with E-state index in [1.807, 2.05) is 0 Å². The Kier molecular flexibility index (Phi) is 4.13. The third-order valence-electron chi connectivity index (χ3n) is 2.46. The molecule has 1 atom stereocenters. The lowest BCUT2D eigenvalue weighted by Crippen LogP contribution is -2.09. The molecule has 0 aliphatic rings. The van der Waals surface area contributed by atoms with Gasteiger partial charge >= 0.3 is 0 Å². The van der Waals surface area contributed by atoms with Gasteiger partial charge in [0.05, 0.1) is 11.2 Å². The van der Waals surface area contributed by atoms with Crippen LogP contribution in [0.3, 0.4) is 0 Å². The summed E-state index contributed by atoms with van der Waals surface area (Å²) in [6.45, 7) is 7.14. The first-order valence-corrected chi connectivity index (χ1v) is 7.48. The Balaban J connectivity index is 1.90. The van der Waals surface area contributed by atoms with Crippen molar-refractivity contribution in [1.82, 2.24) is 15.2 Å². The van der Waals surface area contributed by atoms with Crippen LogP contribution in [0, 0.1) is 0 Å². The molecule has 98 valence electrons. The second-order valence-electron chi connectivity index (χ2n) is 4.48. The van der Waals surface area contributed by atoms with Crippen molar-refractivity contribution < 1.29 is 0 Å². The Morgan fingerprint density at radius 3 is 2.56 bits per heavy atom. The number of nitrogens with two attached hydrogens (primary N) is 1. The third-order valence-corrected chi connectivity index (χ3v) is 4.70. The lowest BCUT2D eigenvalue weighted by atomic mass is 10.2. The zero-order valence-electron chi connectivity index (χ0n) is 10.7. The normalized spacial score (nSPS) is 12.9. The molecule has 1 unspecified atom stereocenters. The molecule has 18 heavy (non-hydrogen) atoms. The maximum Gasteiger partial charge on any atom is 0.205 e. The van der Waals surface area contributed by atoms with Crippen LogP contribution in [-0.2, 0) is 0 Å².